The number of ether oxygens (including phenoxy) is 1. The summed E-state index contributed by atoms with van der Waals surface area (Å²) in [5, 5.41) is 4.74. The molecule has 8 heteroatoms. The summed E-state index contributed by atoms with van der Waals surface area (Å²) < 4.78 is 38.1. The Morgan fingerprint density at radius 2 is 1.47 bits per heavy atom. The van der Waals surface area contributed by atoms with E-state index in [0.717, 1.165) is 26.9 Å². The molecule has 5 rings (SSSR count). The van der Waals surface area contributed by atoms with Gasteiger partial charge in [-0.1, -0.05) is 36.4 Å². The molecule has 5 aromatic rings. The van der Waals surface area contributed by atoms with Crippen molar-refractivity contribution in [3.05, 3.63) is 97.1 Å². The van der Waals surface area contributed by atoms with Crippen LogP contribution in [0.5, 0.6) is 11.5 Å². The molecule has 1 atom stereocenters. The van der Waals surface area contributed by atoms with Crippen molar-refractivity contribution in [1.82, 2.24) is 0 Å². The molecule has 1 aromatic heterocycles. The van der Waals surface area contributed by atoms with E-state index in [1.807, 2.05) is 60.7 Å². The SMILES string of the molecule is CC(C(=O)Nc1ccc2c(c1)oc1ccccc12)N(c1ccc(Oc2ccccc2)cc1)S(C)(=O)=O. The van der Waals surface area contributed by atoms with Gasteiger partial charge in [0.2, 0.25) is 15.9 Å². The quantitative estimate of drug-likeness (QED) is 0.289. The molecule has 1 N–H and O–H groups in total. The van der Waals surface area contributed by atoms with E-state index in [-0.39, 0.29) is 0 Å². The Balaban J connectivity index is 1.36. The maximum Gasteiger partial charge on any atom is 0.247 e. The summed E-state index contributed by atoms with van der Waals surface area (Å²) in [6.07, 6.45) is 1.08. The molecule has 0 fully saturated rings. The molecule has 4 aromatic carbocycles. The second-order valence-electron chi connectivity index (χ2n) is 8.44. The van der Waals surface area contributed by atoms with Gasteiger partial charge in [-0.2, -0.15) is 0 Å². The zero-order valence-corrected chi connectivity index (χ0v) is 20.5. The molecule has 0 radical (unpaired) electrons. The molecule has 0 saturated heterocycles. The lowest BCUT2D eigenvalue weighted by atomic mass is 10.1. The Labute approximate surface area is 209 Å². The highest BCUT2D eigenvalue weighted by molar-refractivity contribution is 7.92. The Bertz CT molecular complexity index is 1640. The lowest BCUT2D eigenvalue weighted by Gasteiger charge is -2.28. The molecule has 0 bridgehead atoms. The second kappa shape index (κ2) is 9.39. The molecule has 1 amide bonds. The van der Waals surface area contributed by atoms with Crippen LogP contribution in [0.25, 0.3) is 21.9 Å². The minimum absolute atomic E-state index is 0.355. The van der Waals surface area contributed by atoms with E-state index in [4.69, 9.17) is 9.15 Å². The number of hydrogen-bond donors (Lipinski definition) is 1. The average molecular weight is 501 g/mol. The van der Waals surface area contributed by atoms with E-state index in [9.17, 15) is 13.2 Å². The molecule has 0 aliphatic carbocycles. The Kier molecular flexibility index (Phi) is 6.12. The van der Waals surface area contributed by atoms with Crippen LogP contribution in [0.2, 0.25) is 0 Å². The van der Waals surface area contributed by atoms with Crippen molar-refractivity contribution in [2.24, 2.45) is 0 Å². The molecule has 7 nitrogen and oxygen atoms in total. The highest BCUT2D eigenvalue weighted by Gasteiger charge is 2.29. The predicted molar refractivity (Wildman–Crippen MR) is 142 cm³/mol. The van der Waals surface area contributed by atoms with Gasteiger partial charge in [0.25, 0.3) is 0 Å². The minimum Gasteiger partial charge on any atom is -0.457 e. The van der Waals surface area contributed by atoms with Crippen LogP contribution in [-0.2, 0) is 14.8 Å². The van der Waals surface area contributed by atoms with Crippen molar-refractivity contribution in [3.63, 3.8) is 0 Å². The number of carbonyl (C=O) groups excluding carboxylic acids is 1. The molecule has 0 saturated carbocycles. The van der Waals surface area contributed by atoms with Gasteiger partial charge >= 0.3 is 0 Å². The number of nitrogens with zero attached hydrogens (tertiary/aromatic N) is 1. The number of hydrogen-bond acceptors (Lipinski definition) is 5. The van der Waals surface area contributed by atoms with Crippen LogP contribution >= 0.6 is 0 Å². The summed E-state index contributed by atoms with van der Waals surface area (Å²) in [5.74, 6) is 0.745. The summed E-state index contributed by atoms with van der Waals surface area (Å²) in [6, 6.07) is 27.9. The van der Waals surface area contributed by atoms with Crippen LogP contribution < -0.4 is 14.4 Å². The first-order valence-corrected chi connectivity index (χ1v) is 13.2. The third-order valence-electron chi connectivity index (χ3n) is 5.80. The van der Waals surface area contributed by atoms with Gasteiger partial charge in [0, 0.05) is 22.5 Å². The van der Waals surface area contributed by atoms with Crippen molar-refractivity contribution < 1.29 is 22.4 Å². The van der Waals surface area contributed by atoms with Gasteiger partial charge in [-0.05, 0) is 61.5 Å². The van der Waals surface area contributed by atoms with E-state index in [1.165, 1.54) is 0 Å². The molecule has 0 aliphatic rings. The zero-order chi connectivity index (χ0) is 25.3. The first-order valence-electron chi connectivity index (χ1n) is 11.3. The van der Waals surface area contributed by atoms with Crippen LogP contribution in [0.15, 0.2) is 101 Å². The largest absolute Gasteiger partial charge is 0.457 e. The van der Waals surface area contributed by atoms with Crippen molar-refractivity contribution >= 4 is 49.2 Å². The van der Waals surface area contributed by atoms with Gasteiger partial charge in [-0.25, -0.2) is 8.42 Å². The third-order valence-corrected chi connectivity index (χ3v) is 7.05. The predicted octanol–water partition coefficient (Wildman–Crippen LogP) is 6.17. The topological polar surface area (TPSA) is 88.8 Å². The smallest absolute Gasteiger partial charge is 0.247 e. The van der Waals surface area contributed by atoms with Crippen LogP contribution in [0.4, 0.5) is 11.4 Å². The lowest BCUT2D eigenvalue weighted by molar-refractivity contribution is -0.116. The van der Waals surface area contributed by atoms with Gasteiger partial charge in [0.1, 0.15) is 28.7 Å². The number of nitrogens with one attached hydrogen (secondary N) is 1. The van der Waals surface area contributed by atoms with Crippen molar-refractivity contribution in [2.75, 3.05) is 15.9 Å². The number of para-hydroxylation sites is 2. The number of rotatable bonds is 7. The van der Waals surface area contributed by atoms with Crippen molar-refractivity contribution in [1.29, 1.82) is 0 Å². The standard InChI is InChI=1S/C28H24N2O5S/c1-19(28(31)29-20-12-17-25-24-10-6-7-11-26(24)35-27(25)18-20)30(36(2,32)33)21-13-15-23(16-14-21)34-22-8-4-3-5-9-22/h3-19H,1-2H3,(H,29,31). The molecule has 36 heavy (non-hydrogen) atoms. The monoisotopic (exact) mass is 500 g/mol. The number of amides is 1. The van der Waals surface area contributed by atoms with E-state index in [0.29, 0.717) is 28.5 Å². The number of anilines is 2. The van der Waals surface area contributed by atoms with E-state index in [2.05, 4.69) is 5.32 Å². The first-order chi connectivity index (χ1) is 17.3. The van der Waals surface area contributed by atoms with E-state index in [1.54, 1.807) is 43.3 Å². The summed E-state index contributed by atoms with van der Waals surface area (Å²) in [6.45, 7) is 1.55. The zero-order valence-electron chi connectivity index (χ0n) is 19.7. The second-order valence-corrected chi connectivity index (χ2v) is 10.3. The van der Waals surface area contributed by atoms with Gasteiger partial charge in [-0.15, -0.1) is 0 Å². The maximum atomic E-state index is 13.1. The van der Waals surface area contributed by atoms with Gasteiger partial charge in [0.05, 0.1) is 11.9 Å². The maximum absolute atomic E-state index is 13.1. The van der Waals surface area contributed by atoms with Crippen LogP contribution in [0.1, 0.15) is 6.92 Å². The van der Waals surface area contributed by atoms with Crippen molar-refractivity contribution in [2.45, 2.75) is 13.0 Å². The first kappa shape index (κ1) is 23.4. The molecular formula is C28H24N2O5S. The Morgan fingerprint density at radius 1 is 0.833 bits per heavy atom. The lowest BCUT2D eigenvalue weighted by Crippen LogP contribution is -2.45. The molecule has 1 heterocycles. The highest BCUT2D eigenvalue weighted by Crippen LogP contribution is 2.31. The van der Waals surface area contributed by atoms with E-state index >= 15 is 0 Å². The normalized spacial score (nSPS) is 12.4. The molecule has 0 spiro atoms. The number of furan rings is 1. The molecule has 182 valence electrons. The Hall–Kier alpha value is -4.30. The van der Waals surface area contributed by atoms with Gasteiger partial charge in [-0.3, -0.25) is 9.10 Å². The summed E-state index contributed by atoms with van der Waals surface area (Å²) in [4.78, 5) is 13.1. The summed E-state index contributed by atoms with van der Waals surface area (Å²) >= 11 is 0. The third kappa shape index (κ3) is 4.76. The molecule has 0 aliphatic heterocycles. The van der Waals surface area contributed by atoms with Crippen LogP contribution in [0.3, 0.4) is 0 Å². The van der Waals surface area contributed by atoms with Gasteiger partial charge < -0.3 is 14.5 Å². The van der Waals surface area contributed by atoms with Crippen LogP contribution in [0, 0.1) is 0 Å². The van der Waals surface area contributed by atoms with Crippen LogP contribution in [-0.4, -0.2) is 26.6 Å². The number of sulfonamides is 1. The summed E-state index contributed by atoms with van der Waals surface area (Å²) in [7, 11) is -3.77. The number of fused-ring (bicyclic) bond motifs is 3. The highest BCUT2D eigenvalue weighted by atomic mass is 32.2. The summed E-state index contributed by atoms with van der Waals surface area (Å²) in [5.41, 5.74) is 2.26. The van der Waals surface area contributed by atoms with Gasteiger partial charge in [0.15, 0.2) is 0 Å². The fraction of sp³-hybridized carbons (Fsp3) is 0.107. The molecular weight excluding hydrogens is 476 g/mol. The Morgan fingerprint density at radius 3 is 2.19 bits per heavy atom. The van der Waals surface area contributed by atoms with Crippen molar-refractivity contribution in [3.8, 4) is 11.5 Å². The number of benzene rings is 4. The van der Waals surface area contributed by atoms with E-state index < -0.39 is 22.0 Å². The fourth-order valence-corrected chi connectivity index (χ4v) is 5.32. The average Bonchev–Trinajstić information content (AvgIpc) is 3.23. The minimum atomic E-state index is -3.77. The molecule has 1 unspecified atom stereocenters. The number of carbonyl (C=O) groups is 1. The fourth-order valence-electron chi connectivity index (χ4n) is 4.14.